The number of halogens is 2. The van der Waals surface area contributed by atoms with E-state index in [9.17, 15) is 8.78 Å². The fraction of sp³-hybridized carbons (Fsp3) is 0.500. The van der Waals surface area contributed by atoms with Crippen LogP contribution in [0.2, 0.25) is 0 Å². The van der Waals surface area contributed by atoms with Crippen molar-refractivity contribution in [2.24, 2.45) is 5.92 Å². The molecule has 1 saturated carbocycles. The second-order valence-electron chi connectivity index (χ2n) is 8.67. The topological polar surface area (TPSA) is 9.23 Å². The van der Waals surface area contributed by atoms with Crippen LogP contribution in [0.1, 0.15) is 94.2 Å². The fourth-order valence-electron chi connectivity index (χ4n) is 4.32. The highest BCUT2D eigenvalue weighted by molar-refractivity contribution is 5.46. The Labute approximate surface area is 186 Å². The van der Waals surface area contributed by atoms with Gasteiger partial charge in [0.05, 0.1) is 12.2 Å². The average molecular weight is 425 g/mol. The summed E-state index contributed by atoms with van der Waals surface area (Å²) < 4.78 is 33.8. The summed E-state index contributed by atoms with van der Waals surface area (Å²) >= 11 is 0. The number of hydrogen-bond donors (Lipinski definition) is 0. The van der Waals surface area contributed by atoms with Crippen molar-refractivity contribution in [3.05, 3.63) is 64.7 Å². The normalized spacial score (nSPS) is 18.3. The van der Waals surface area contributed by atoms with Gasteiger partial charge in [-0.25, -0.2) is 4.39 Å². The molecule has 3 rings (SSSR count). The van der Waals surface area contributed by atoms with Gasteiger partial charge in [-0.05, 0) is 73.8 Å². The molecule has 0 spiro atoms. The van der Waals surface area contributed by atoms with Crippen molar-refractivity contribution in [2.75, 3.05) is 6.61 Å². The van der Waals surface area contributed by atoms with Crippen LogP contribution in [0.25, 0.3) is 0 Å². The summed E-state index contributed by atoms with van der Waals surface area (Å²) in [5.74, 6) is 5.30. The molecule has 0 bridgehead atoms. The second-order valence-corrected chi connectivity index (χ2v) is 8.67. The van der Waals surface area contributed by atoms with Crippen LogP contribution in [0.4, 0.5) is 8.78 Å². The van der Waals surface area contributed by atoms with Gasteiger partial charge in [0, 0.05) is 5.56 Å². The van der Waals surface area contributed by atoms with Gasteiger partial charge in [0.15, 0.2) is 11.6 Å². The van der Waals surface area contributed by atoms with Crippen LogP contribution in [0.3, 0.4) is 0 Å². The molecule has 2 aromatic rings. The highest BCUT2D eigenvalue weighted by atomic mass is 19.2. The summed E-state index contributed by atoms with van der Waals surface area (Å²) in [5.41, 5.74) is 2.23. The standard InChI is InChI=1S/C28H34F2O/c1-3-5-7-21-8-13-23(14-9-21)24-15-10-22(11-16-24)12-17-25-18-19-26(28(30)27(25)29)31-20-6-4-2/h10-11,15-16,18-19,21,23H,3-9,13-14,20H2,1-2H3. The summed E-state index contributed by atoms with van der Waals surface area (Å²) in [6, 6.07) is 11.2. The quantitative estimate of drug-likeness (QED) is 0.308. The lowest BCUT2D eigenvalue weighted by Crippen LogP contribution is -2.13. The summed E-state index contributed by atoms with van der Waals surface area (Å²) in [5, 5.41) is 0. The fourth-order valence-corrected chi connectivity index (χ4v) is 4.32. The first-order chi connectivity index (χ1) is 15.1. The lowest BCUT2D eigenvalue weighted by molar-refractivity contribution is 0.288. The molecule has 1 nitrogen and oxygen atoms in total. The maximum atomic E-state index is 14.3. The molecule has 3 heteroatoms. The van der Waals surface area contributed by atoms with E-state index in [1.165, 1.54) is 62.6 Å². The Hall–Kier alpha value is -2.34. The summed E-state index contributed by atoms with van der Waals surface area (Å²) in [6.45, 7) is 4.66. The Morgan fingerprint density at radius 1 is 0.839 bits per heavy atom. The van der Waals surface area contributed by atoms with Crippen LogP contribution in [-0.4, -0.2) is 6.61 Å². The molecule has 1 aliphatic carbocycles. The number of hydrogen-bond acceptors (Lipinski definition) is 1. The minimum absolute atomic E-state index is 0.0507. The largest absolute Gasteiger partial charge is 0.490 e. The molecule has 0 aromatic heterocycles. The number of rotatable bonds is 8. The number of benzene rings is 2. The van der Waals surface area contributed by atoms with E-state index in [2.05, 4.69) is 30.9 Å². The van der Waals surface area contributed by atoms with Crippen LogP contribution in [0, 0.1) is 29.4 Å². The highest BCUT2D eigenvalue weighted by Crippen LogP contribution is 2.37. The molecular formula is C28H34F2O. The van der Waals surface area contributed by atoms with Gasteiger partial charge in [-0.2, -0.15) is 4.39 Å². The molecule has 0 unspecified atom stereocenters. The van der Waals surface area contributed by atoms with Crippen molar-refractivity contribution in [3.63, 3.8) is 0 Å². The first kappa shape index (κ1) is 23.3. The van der Waals surface area contributed by atoms with E-state index >= 15 is 0 Å². The zero-order valence-electron chi connectivity index (χ0n) is 18.9. The zero-order chi connectivity index (χ0) is 22.1. The van der Waals surface area contributed by atoms with Gasteiger partial charge in [0.2, 0.25) is 5.82 Å². The monoisotopic (exact) mass is 424 g/mol. The maximum absolute atomic E-state index is 14.3. The number of ether oxygens (including phenoxy) is 1. The van der Waals surface area contributed by atoms with Crippen LogP contribution in [-0.2, 0) is 0 Å². The molecule has 0 amide bonds. The summed E-state index contributed by atoms with van der Waals surface area (Å²) in [6.07, 6.45) is 10.9. The molecule has 0 N–H and O–H groups in total. The van der Waals surface area contributed by atoms with Gasteiger partial charge in [-0.1, -0.05) is 63.5 Å². The van der Waals surface area contributed by atoms with E-state index in [-0.39, 0.29) is 11.3 Å². The number of unbranched alkanes of at least 4 members (excludes halogenated alkanes) is 2. The van der Waals surface area contributed by atoms with Crippen molar-refractivity contribution >= 4 is 0 Å². The molecule has 0 saturated heterocycles. The third kappa shape index (κ3) is 6.57. The molecular weight excluding hydrogens is 390 g/mol. The van der Waals surface area contributed by atoms with Gasteiger partial charge in [-0.3, -0.25) is 0 Å². The Morgan fingerprint density at radius 2 is 1.55 bits per heavy atom. The van der Waals surface area contributed by atoms with Gasteiger partial charge >= 0.3 is 0 Å². The van der Waals surface area contributed by atoms with Gasteiger partial charge in [0.1, 0.15) is 0 Å². The maximum Gasteiger partial charge on any atom is 0.201 e. The van der Waals surface area contributed by atoms with E-state index < -0.39 is 11.6 Å². The third-order valence-electron chi connectivity index (χ3n) is 6.34. The van der Waals surface area contributed by atoms with Crippen molar-refractivity contribution < 1.29 is 13.5 Å². The average Bonchev–Trinajstić information content (AvgIpc) is 2.81. The van der Waals surface area contributed by atoms with E-state index in [0.29, 0.717) is 12.5 Å². The SMILES string of the molecule is CCCCOc1ccc(C#Cc2ccc(C3CCC(CCCC)CC3)cc2)c(F)c1F. The Kier molecular flexibility index (Phi) is 8.95. The van der Waals surface area contributed by atoms with Crippen molar-refractivity contribution in [2.45, 2.75) is 77.6 Å². The molecule has 0 heterocycles. The van der Waals surface area contributed by atoms with Gasteiger partial charge < -0.3 is 4.74 Å². The molecule has 1 aliphatic rings. The first-order valence-electron chi connectivity index (χ1n) is 11.8. The minimum Gasteiger partial charge on any atom is -0.490 e. The lowest BCUT2D eigenvalue weighted by Gasteiger charge is -2.28. The Balaban J connectivity index is 1.60. The smallest absolute Gasteiger partial charge is 0.201 e. The van der Waals surface area contributed by atoms with Crippen LogP contribution >= 0.6 is 0 Å². The Bertz CT molecular complexity index is 884. The molecule has 166 valence electrons. The Morgan fingerprint density at radius 3 is 2.23 bits per heavy atom. The lowest BCUT2D eigenvalue weighted by atomic mass is 9.77. The van der Waals surface area contributed by atoms with Crippen LogP contribution < -0.4 is 4.74 Å². The van der Waals surface area contributed by atoms with E-state index in [1.807, 2.05) is 19.1 Å². The second kappa shape index (κ2) is 11.9. The predicted octanol–water partition coefficient (Wildman–Crippen LogP) is 8.01. The predicted molar refractivity (Wildman–Crippen MR) is 123 cm³/mol. The van der Waals surface area contributed by atoms with Gasteiger partial charge in [-0.15, -0.1) is 0 Å². The zero-order valence-corrected chi connectivity index (χ0v) is 18.9. The molecule has 0 aliphatic heterocycles. The van der Waals surface area contributed by atoms with Crippen molar-refractivity contribution in [1.82, 2.24) is 0 Å². The van der Waals surface area contributed by atoms with Crippen LogP contribution in [0.15, 0.2) is 36.4 Å². The first-order valence-corrected chi connectivity index (χ1v) is 11.8. The van der Waals surface area contributed by atoms with E-state index in [1.54, 1.807) is 0 Å². The summed E-state index contributed by atoms with van der Waals surface area (Å²) in [7, 11) is 0. The minimum atomic E-state index is -0.965. The van der Waals surface area contributed by atoms with E-state index in [4.69, 9.17) is 4.74 Å². The van der Waals surface area contributed by atoms with Crippen molar-refractivity contribution in [1.29, 1.82) is 0 Å². The highest BCUT2D eigenvalue weighted by Gasteiger charge is 2.21. The molecule has 0 radical (unpaired) electrons. The molecule has 0 atom stereocenters. The van der Waals surface area contributed by atoms with Crippen LogP contribution in [0.5, 0.6) is 5.75 Å². The van der Waals surface area contributed by atoms with Crippen molar-refractivity contribution in [3.8, 4) is 17.6 Å². The van der Waals surface area contributed by atoms with Gasteiger partial charge in [0.25, 0.3) is 0 Å². The molecule has 31 heavy (non-hydrogen) atoms. The molecule has 1 fully saturated rings. The third-order valence-corrected chi connectivity index (χ3v) is 6.34. The molecule has 2 aromatic carbocycles. The summed E-state index contributed by atoms with van der Waals surface area (Å²) in [4.78, 5) is 0. The van der Waals surface area contributed by atoms with E-state index in [0.717, 1.165) is 24.3 Å².